The number of hydrogen-bond acceptors (Lipinski definition) is 3. The molecule has 4 nitrogen and oxygen atoms in total. The van der Waals surface area contributed by atoms with Crippen LogP contribution in [-0.2, 0) is 4.74 Å². The lowest BCUT2D eigenvalue weighted by atomic mass is 9.84. The van der Waals surface area contributed by atoms with E-state index in [4.69, 9.17) is 4.74 Å². The molecule has 2 rings (SSSR count). The van der Waals surface area contributed by atoms with E-state index in [9.17, 15) is 4.79 Å². The summed E-state index contributed by atoms with van der Waals surface area (Å²) in [6.07, 6.45) is 7.67. The number of nitrogens with zero attached hydrogens (tertiary/aromatic N) is 1. The zero-order valence-electron chi connectivity index (χ0n) is 13.2. The van der Waals surface area contributed by atoms with E-state index in [1.807, 2.05) is 4.90 Å². The number of nitrogens with one attached hydrogen (secondary N) is 1. The Morgan fingerprint density at radius 1 is 1.15 bits per heavy atom. The molecule has 1 saturated heterocycles. The second-order valence-corrected chi connectivity index (χ2v) is 6.81. The normalized spacial score (nSPS) is 28.7. The van der Waals surface area contributed by atoms with Crippen molar-refractivity contribution >= 4 is 6.09 Å². The third-order valence-corrected chi connectivity index (χ3v) is 4.94. The summed E-state index contributed by atoms with van der Waals surface area (Å²) in [4.78, 5) is 13.7. The molecule has 0 aromatic rings. The summed E-state index contributed by atoms with van der Waals surface area (Å²) in [6.45, 7) is 6.14. The summed E-state index contributed by atoms with van der Waals surface area (Å²) in [6, 6.07) is 1.08. The van der Waals surface area contributed by atoms with Crippen LogP contribution in [0.3, 0.4) is 0 Å². The standard InChI is InChI=1S/C16H30N2O2/c1-12(2)13-9-15(11-18(10-13)16(19)20-3)17-14-7-5-4-6-8-14/h12-15,17H,4-11H2,1-3H3. The molecule has 0 bridgehead atoms. The lowest BCUT2D eigenvalue weighted by Gasteiger charge is -2.41. The lowest BCUT2D eigenvalue weighted by Crippen LogP contribution is -2.54. The van der Waals surface area contributed by atoms with Gasteiger partial charge in [0.15, 0.2) is 0 Å². The van der Waals surface area contributed by atoms with E-state index >= 15 is 0 Å². The highest BCUT2D eigenvalue weighted by Crippen LogP contribution is 2.26. The molecule has 116 valence electrons. The van der Waals surface area contributed by atoms with Gasteiger partial charge in [-0.15, -0.1) is 0 Å². The molecule has 2 unspecified atom stereocenters. The molecule has 1 aliphatic heterocycles. The van der Waals surface area contributed by atoms with Gasteiger partial charge >= 0.3 is 6.09 Å². The number of hydrogen-bond donors (Lipinski definition) is 1. The summed E-state index contributed by atoms with van der Waals surface area (Å²) in [7, 11) is 1.48. The van der Waals surface area contributed by atoms with Crippen molar-refractivity contribution in [2.45, 2.75) is 64.5 Å². The second kappa shape index (κ2) is 7.30. The van der Waals surface area contributed by atoms with Crippen molar-refractivity contribution in [2.24, 2.45) is 11.8 Å². The number of carbonyl (C=O) groups excluding carboxylic acids is 1. The summed E-state index contributed by atoms with van der Waals surface area (Å²) in [5, 5.41) is 3.80. The van der Waals surface area contributed by atoms with E-state index in [-0.39, 0.29) is 6.09 Å². The first-order valence-corrected chi connectivity index (χ1v) is 8.19. The van der Waals surface area contributed by atoms with Gasteiger partial charge in [0.1, 0.15) is 0 Å². The minimum atomic E-state index is -0.175. The maximum atomic E-state index is 11.8. The molecule has 20 heavy (non-hydrogen) atoms. The molecule has 2 atom stereocenters. The van der Waals surface area contributed by atoms with Crippen LogP contribution in [0.4, 0.5) is 4.79 Å². The molecule has 1 N–H and O–H groups in total. The largest absolute Gasteiger partial charge is 0.453 e. The summed E-state index contributed by atoms with van der Waals surface area (Å²) in [5.41, 5.74) is 0. The number of piperidine rings is 1. The van der Waals surface area contributed by atoms with Crippen LogP contribution in [0.15, 0.2) is 0 Å². The number of carbonyl (C=O) groups is 1. The Morgan fingerprint density at radius 3 is 2.45 bits per heavy atom. The average Bonchev–Trinajstić information content (AvgIpc) is 2.47. The summed E-state index contributed by atoms with van der Waals surface area (Å²) >= 11 is 0. The maximum absolute atomic E-state index is 11.8. The van der Waals surface area contributed by atoms with E-state index in [1.165, 1.54) is 45.6 Å². The zero-order valence-corrected chi connectivity index (χ0v) is 13.2. The third-order valence-electron chi connectivity index (χ3n) is 4.94. The Hall–Kier alpha value is -0.770. The van der Waals surface area contributed by atoms with Gasteiger partial charge in [0, 0.05) is 25.2 Å². The first-order valence-electron chi connectivity index (χ1n) is 8.19. The van der Waals surface area contributed by atoms with Crippen LogP contribution in [0.2, 0.25) is 0 Å². The Kier molecular flexibility index (Phi) is 5.70. The molecule has 1 amide bonds. The van der Waals surface area contributed by atoms with Gasteiger partial charge in [0.2, 0.25) is 0 Å². The van der Waals surface area contributed by atoms with Crippen LogP contribution in [0.5, 0.6) is 0 Å². The minimum absolute atomic E-state index is 0.175. The van der Waals surface area contributed by atoms with Crippen molar-refractivity contribution in [3.8, 4) is 0 Å². The smallest absolute Gasteiger partial charge is 0.409 e. The van der Waals surface area contributed by atoms with Gasteiger partial charge in [-0.1, -0.05) is 33.1 Å². The topological polar surface area (TPSA) is 41.6 Å². The van der Waals surface area contributed by atoms with E-state index in [1.54, 1.807) is 0 Å². The first-order chi connectivity index (χ1) is 9.60. The fourth-order valence-electron chi connectivity index (χ4n) is 3.62. The van der Waals surface area contributed by atoms with Crippen molar-refractivity contribution in [3.63, 3.8) is 0 Å². The van der Waals surface area contributed by atoms with Crippen molar-refractivity contribution in [3.05, 3.63) is 0 Å². The van der Waals surface area contributed by atoms with E-state index in [0.29, 0.717) is 23.9 Å². The molecule has 1 heterocycles. The Balaban J connectivity index is 1.93. The van der Waals surface area contributed by atoms with Crippen LogP contribution in [0.25, 0.3) is 0 Å². The van der Waals surface area contributed by atoms with Gasteiger partial charge in [-0.25, -0.2) is 4.79 Å². The fraction of sp³-hybridized carbons (Fsp3) is 0.938. The predicted octanol–water partition coefficient (Wildman–Crippen LogP) is 3.02. The maximum Gasteiger partial charge on any atom is 0.409 e. The van der Waals surface area contributed by atoms with Crippen molar-refractivity contribution in [1.29, 1.82) is 0 Å². The lowest BCUT2D eigenvalue weighted by molar-refractivity contribution is 0.0774. The monoisotopic (exact) mass is 282 g/mol. The van der Waals surface area contributed by atoms with E-state index in [0.717, 1.165) is 13.1 Å². The van der Waals surface area contributed by atoms with Crippen molar-refractivity contribution < 1.29 is 9.53 Å². The highest BCUT2D eigenvalue weighted by molar-refractivity contribution is 5.67. The van der Waals surface area contributed by atoms with Crippen LogP contribution in [0, 0.1) is 11.8 Å². The number of amides is 1. The van der Waals surface area contributed by atoms with Gasteiger partial charge in [-0.3, -0.25) is 0 Å². The van der Waals surface area contributed by atoms with Gasteiger partial charge in [0.05, 0.1) is 7.11 Å². The molecule has 4 heteroatoms. The van der Waals surface area contributed by atoms with Crippen LogP contribution in [0.1, 0.15) is 52.4 Å². The molecule has 0 spiro atoms. The molecule has 0 aromatic heterocycles. The first kappa shape index (κ1) is 15.6. The summed E-state index contributed by atoms with van der Waals surface area (Å²) in [5.74, 6) is 1.18. The van der Waals surface area contributed by atoms with Crippen LogP contribution in [-0.4, -0.2) is 43.3 Å². The average molecular weight is 282 g/mol. The second-order valence-electron chi connectivity index (χ2n) is 6.81. The van der Waals surface area contributed by atoms with Gasteiger partial charge < -0.3 is 15.0 Å². The molecular formula is C16H30N2O2. The molecule has 2 aliphatic rings. The van der Waals surface area contributed by atoms with Gasteiger partial charge in [-0.2, -0.15) is 0 Å². The third kappa shape index (κ3) is 4.11. The molecule has 2 fully saturated rings. The number of methoxy groups -OCH3 is 1. The van der Waals surface area contributed by atoms with Crippen LogP contribution < -0.4 is 5.32 Å². The number of ether oxygens (including phenoxy) is 1. The number of likely N-dealkylation sites (tertiary alicyclic amines) is 1. The van der Waals surface area contributed by atoms with E-state index in [2.05, 4.69) is 19.2 Å². The zero-order chi connectivity index (χ0) is 14.5. The van der Waals surface area contributed by atoms with Gasteiger partial charge in [0.25, 0.3) is 0 Å². The number of rotatable bonds is 3. The van der Waals surface area contributed by atoms with Crippen LogP contribution >= 0.6 is 0 Å². The fourth-order valence-corrected chi connectivity index (χ4v) is 3.62. The Morgan fingerprint density at radius 2 is 1.85 bits per heavy atom. The quantitative estimate of drug-likeness (QED) is 0.865. The summed E-state index contributed by atoms with van der Waals surface area (Å²) < 4.78 is 4.92. The minimum Gasteiger partial charge on any atom is -0.453 e. The highest BCUT2D eigenvalue weighted by atomic mass is 16.5. The molecule has 0 aromatic carbocycles. The SMILES string of the molecule is COC(=O)N1CC(NC2CCCCC2)CC(C(C)C)C1. The predicted molar refractivity (Wildman–Crippen MR) is 80.7 cm³/mol. The molecular weight excluding hydrogens is 252 g/mol. The van der Waals surface area contributed by atoms with Crippen molar-refractivity contribution in [2.75, 3.05) is 20.2 Å². The Bertz CT molecular complexity index is 314. The molecule has 1 saturated carbocycles. The Labute approximate surface area is 123 Å². The molecule has 0 radical (unpaired) electrons. The van der Waals surface area contributed by atoms with Crippen molar-refractivity contribution in [1.82, 2.24) is 10.2 Å². The van der Waals surface area contributed by atoms with Gasteiger partial charge in [-0.05, 0) is 31.1 Å². The van der Waals surface area contributed by atoms with E-state index < -0.39 is 0 Å². The molecule has 1 aliphatic carbocycles. The highest BCUT2D eigenvalue weighted by Gasteiger charge is 2.33.